The molecule has 0 saturated heterocycles. The Morgan fingerprint density at radius 1 is 1.12 bits per heavy atom. The zero-order valence-electron chi connectivity index (χ0n) is 15.5. The van der Waals surface area contributed by atoms with Crippen LogP contribution in [0.15, 0.2) is 48.5 Å². The van der Waals surface area contributed by atoms with E-state index in [9.17, 15) is 5.11 Å². The van der Waals surface area contributed by atoms with Gasteiger partial charge in [0.1, 0.15) is 11.5 Å². The zero-order valence-corrected chi connectivity index (χ0v) is 15.5. The summed E-state index contributed by atoms with van der Waals surface area (Å²) in [5.74, 6) is 2.22. The van der Waals surface area contributed by atoms with Crippen molar-refractivity contribution in [2.45, 2.75) is 44.1 Å². The van der Waals surface area contributed by atoms with E-state index in [1.165, 1.54) is 11.1 Å². The number of benzene rings is 2. The molecule has 0 unspecified atom stereocenters. The predicted octanol–water partition coefficient (Wildman–Crippen LogP) is 3.66. The number of hydrogen-bond donors (Lipinski definition) is 2. The Morgan fingerprint density at radius 2 is 1.92 bits per heavy atom. The van der Waals surface area contributed by atoms with Crippen molar-refractivity contribution in [3.05, 3.63) is 59.7 Å². The van der Waals surface area contributed by atoms with Crippen LogP contribution in [0, 0.1) is 0 Å². The molecule has 0 amide bonds. The first kappa shape index (κ1) is 18.7. The Kier molecular flexibility index (Phi) is 6.17. The Hall–Kier alpha value is -2.04. The van der Waals surface area contributed by atoms with Gasteiger partial charge in [0.2, 0.25) is 0 Å². The van der Waals surface area contributed by atoms with E-state index in [1.54, 1.807) is 0 Å². The van der Waals surface area contributed by atoms with Crippen molar-refractivity contribution in [1.29, 1.82) is 0 Å². The molecular formula is C22H29NO3. The molecule has 1 saturated carbocycles. The molecule has 2 aromatic carbocycles. The van der Waals surface area contributed by atoms with Crippen LogP contribution in [0.3, 0.4) is 0 Å². The van der Waals surface area contributed by atoms with Gasteiger partial charge in [-0.2, -0.15) is 0 Å². The lowest BCUT2D eigenvalue weighted by atomic mass is 9.94. The lowest BCUT2D eigenvalue weighted by molar-refractivity contribution is 0.198. The molecule has 0 radical (unpaired) electrons. The SMILES string of the molecule is CCOc1cccc(CCOc2ccc([C@@H]3CC[C@](N)(CO)C3)cc2)c1. The molecule has 0 heterocycles. The van der Waals surface area contributed by atoms with Crippen molar-refractivity contribution >= 4 is 0 Å². The molecular weight excluding hydrogens is 326 g/mol. The van der Waals surface area contributed by atoms with Gasteiger partial charge in [-0.15, -0.1) is 0 Å². The molecule has 3 rings (SSSR count). The highest BCUT2D eigenvalue weighted by Crippen LogP contribution is 2.39. The van der Waals surface area contributed by atoms with E-state index in [-0.39, 0.29) is 6.61 Å². The zero-order chi connectivity index (χ0) is 18.4. The Bertz CT molecular complexity index is 701. The van der Waals surface area contributed by atoms with Crippen LogP contribution in [0.1, 0.15) is 43.2 Å². The van der Waals surface area contributed by atoms with Gasteiger partial charge in [0.25, 0.3) is 0 Å². The number of nitrogens with two attached hydrogens (primary N) is 1. The summed E-state index contributed by atoms with van der Waals surface area (Å²) < 4.78 is 11.4. The molecule has 4 heteroatoms. The third-order valence-corrected chi connectivity index (χ3v) is 5.18. The van der Waals surface area contributed by atoms with Crippen molar-refractivity contribution < 1.29 is 14.6 Å². The number of ether oxygens (including phenoxy) is 2. The normalized spacial score (nSPS) is 22.3. The van der Waals surface area contributed by atoms with Gasteiger partial charge >= 0.3 is 0 Å². The number of rotatable bonds is 8. The van der Waals surface area contributed by atoms with Crippen LogP contribution in [-0.4, -0.2) is 30.5 Å². The van der Waals surface area contributed by atoms with Gasteiger partial charge in [-0.1, -0.05) is 24.3 Å². The molecule has 0 bridgehead atoms. The average molecular weight is 355 g/mol. The van der Waals surface area contributed by atoms with E-state index in [0.717, 1.165) is 37.2 Å². The fourth-order valence-corrected chi connectivity index (χ4v) is 3.67. The van der Waals surface area contributed by atoms with Gasteiger partial charge < -0.3 is 20.3 Å². The summed E-state index contributed by atoms with van der Waals surface area (Å²) >= 11 is 0. The van der Waals surface area contributed by atoms with Crippen LogP contribution in [0.25, 0.3) is 0 Å². The maximum Gasteiger partial charge on any atom is 0.119 e. The van der Waals surface area contributed by atoms with Crippen molar-refractivity contribution in [2.24, 2.45) is 5.73 Å². The van der Waals surface area contributed by atoms with Crippen molar-refractivity contribution in [2.75, 3.05) is 19.8 Å². The monoisotopic (exact) mass is 355 g/mol. The minimum Gasteiger partial charge on any atom is -0.494 e. The van der Waals surface area contributed by atoms with Crippen LogP contribution in [0.5, 0.6) is 11.5 Å². The maximum atomic E-state index is 9.42. The highest BCUT2D eigenvalue weighted by atomic mass is 16.5. The van der Waals surface area contributed by atoms with Gasteiger partial charge in [0.05, 0.1) is 19.8 Å². The quantitative estimate of drug-likeness (QED) is 0.758. The lowest BCUT2D eigenvalue weighted by Crippen LogP contribution is -2.40. The molecule has 4 nitrogen and oxygen atoms in total. The van der Waals surface area contributed by atoms with E-state index in [1.807, 2.05) is 31.2 Å². The lowest BCUT2D eigenvalue weighted by Gasteiger charge is -2.21. The maximum absolute atomic E-state index is 9.42. The summed E-state index contributed by atoms with van der Waals surface area (Å²) in [6, 6.07) is 16.5. The first-order chi connectivity index (χ1) is 12.6. The molecule has 0 aromatic heterocycles. The molecule has 0 aliphatic heterocycles. The molecule has 2 aromatic rings. The van der Waals surface area contributed by atoms with E-state index < -0.39 is 5.54 Å². The molecule has 140 valence electrons. The first-order valence-electron chi connectivity index (χ1n) is 9.46. The van der Waals surface area contributed by atoms with Crippen LogP contribution >= 0.6 is 0 Å². The van der Waals surface area contributed by atoms with Crippen LogP contribution in [-0.2, 0) is 6.42 Å². The summed E-state index contributed by atoms with van der Waals surface area (Å²) in [4.78, 5) is 0. The van der Waals surface area contributed by atoms with E-state index >= 15 is 0 Å². The second-order valence-electron chi connectivity index (χ2n) is 7.21. The van der Waals surface area contributed by atoms with Gasteiger partial charge in [-0.3, -0.25) is 0 Å². The molecule has 26 heavy (non-hydrogen) atoms. The van der Waals surface area contributed by atoms with Crippen LogP contribution in [0.2, 0.25) is 0 Å². The largest absolute Gasteiger partial charge is 0.494 e. The number of aliphatic hydroxyl groups is 1. The topological polar surface area (TPSA) is 64.7 Å². The van der Waals surface area contributed by atoms with Gasteiger partial charge in [-0.25, -0.2) is 0 Å². The van der Waals surface area contributed by atoms with Crippen molar-refractivity contribution in [3.63, 3.8) is 0 Å². The van der Waals surface area contributed by atoms with Crippen LogP contribution in [0.4, 0.5) is 0 Å². The second kappa shape index (κ2) is 8.56. The van der Waals surface area contributed by atoms with Gasteiger partial charge in [-0.05, 0) is 67.5 Å². The number of aliphatic hydroxyl groups excluding tert-OH is 1. The standard InChI is InChI=1S/C22H29NO3/c1-2-25-21-5-3-4-17(14-21)11-13-26-20-8-6-18(7-9-20)19-10-12-22(23,15-19)16-24/h3-9,14,19,24H,2,10-13,15-16,23H2,1H3/t19-,22-/m1/s1. The minimum absolute atomic E-state index is 0.0647. The van der Waals surface area contributed by atoms with Crippen molar-refractivity contribution in [3.8, 4) is 11.5 Å². The summed E-state index contributed by atoms with van der Waals surface area (Å²) in [5, 5.41) is 9.42. The summed E-state index contributed by atoms with van der Waals surface area (Å²) in [6.45, 7) is 3.36. The minimum atomic E-state index is -0.407. The summed E-state index contributed by atoms with van der Waals surface area (Å²) in [5.41, 5.74) is 8.27. The predicted molar refractivity (Wildman–Crippen MR) is 104 cm³/mol. The Morgan fingerprint density at radius 3 is 2.62 bits per heavy atom. The fourth-order valence-electron chi connectivity index (χ4n) is 3.67. The third kappa shape index (κ3) is 4.77. The number of hydrogen-bond acceptors (Lipinski definition) is 4. The third-order valence-electron chi connectivity index (χ3n) is 5.18. The Labute approximate surface area is 155 Å². The highest BCUT2D eigenvalue weighted by molar-refractivity contribution is 5.31. The van der Waals surface area contributed by atoms with E-state index in [0.29, 0.717) is 19.1 Å². The van der Waals surface area contributed by atoms with Crippen molar-refractivity contribution in [1.82, 2.24) is 0 Å². The average Bonchev–Trinajstić information content (AvgIpc) is 3.06. The highest BCUT2D eigenvalue weighted by Gasteiger charge is 2.35. The summed E-state index contributed by atoms with van der Waals surface area (Å²) in [6.07, 6.45) is 3.61. The smallest absolute Gasteiger partial charge is 0.119 e. The Balaban J connectivity index is 1.50. The molecule has 0 spiro atoms. The molecule has 3 N–H and O–H groups in total. The van der Waals surface area contributed by atoms with E-state index in [4.69, 9.17) is 15.2 Å². The van der Waals surface area contributed by atoms with Crippen LogP contribution < -0.4 is 15.2 Å². The first-order valence-corrected chi connectivity index (χ1v) is 9.46. The molecule has 1 aliphatic rings. The second-order valence-corrected chi connectivity index (χ2v) is 7.21. The van der Waals surface area contributed by atoms with Gasteiger partial charge in [0.15, 0.2) is 0 Å². The molecule has 1 aliphatic carbocycles. The molecule has 1 fully saturated rings. The summed E-state index contributed by atoms with van der Waals surface area (Å²) in [7, 11) is 0. The fraction of sp³-hybridized carbons (Fsp3) is 0.455. The van der Waals surface area contributed by atoms with E-state index in [2.05, 4.69) is 24.3 Å². The van der Waals surface area contributed by atoms with Gasteiger partial charge in [0, 0.05) is 12.0 Å². The molecule has 2 atom stereocenters.